The first-order chi connectivity index (χ1) is 52.7. The highest BCUT2D eigenvalue weighted by molar-refractivity contribution is 7.47. The molecular weight excluding hydrogens is 1400 g/mol. The maximum atomic E-state index is 13.1. The molecule has 108 heavy (non-hydrogen) atoms. The van der Waals surface area contributed by atoms with Crippen LogP contribution in [0.25, 0.3) is 0 Å². The minimum absolute atomic E-state index is 0.00570. The molecule has 0 amide bonds. The van der Waals surface area contributed by atoms with E-state index in [1.165, 1.54) is 57.8 Å². The highest BCUT2D eigenvalue weighted by atomic mass is 31.2. The van der Waals surface area contributed by atoms with Crippen molar-refractivity contribution >= 4 is 39.5 Å². The Labute approximate surface area is 653 Å². The van der Waals surface area contributed by atoms with Crippen LogP contribution in [0.3, 0.4) is 0 Å². The van der Waals surface area contributed by atoms with Crippen LogP contribution >= 0.6 is 15.6 Å². The van der Waals surface area contributed by atoms with Crippen LogP contribution in [-0.4, -0.2) is 96.7 Å². The summed E-state index contributed by atoms with van der Waals surface area (Å²) in [6.45, 7) is 4.42. The van der Waals surface area contributed by atoms with Crippen molar-refractivity contribution in [3.63, 3.8) is 0 Å². The van der Waals surface area contributed by atoms with E-state index in [0.717, 1.165) is 128 Å². The lowest BCUT2D eigenvalue weighted by atomic mass is 10.1. The highest BCUT2D eigenvalue weighted by Crippen LogP contribution is 2.45. The third-order valence-corrected chi connectivity index (χ3v) is 17.9. The van der Waals surface area contributed by atoms with Crippen LogP contribution in [0.5, 0.6) is 0 Å². The SMILES string of the molecule is CC/C=C\C/C=C\C/C=C\C/C=C\C/C=C\C/C=C\CCC(=O)OC[C@H](COP(=O)(O)OC[C@@H](O)COP(=O)(O)OC[C@@H](COC(=O)CCCCCCC/C=C\C/C=C\CCCCC)OC(=O)CCC/C=C\C/C=C\C/C=C\C/C=C\CCCCC)OC(=O)CCC/C=C\C/C=C\C/C=C\C/C=C\CCCCC. The number of allylic oxidation sites excluding steroid dienone is 32. The van der Waals surface area contributed by atoms with Gasteiger partial charge in [-0.05, 0) is 173 Å². The Morgan fingerprint density at radius 1 is 0.269 bits per heavy atom. The first-order valence-corrected chi connectivity index (χ1v) is 43.7. The molecule has 0 bridgehead atoms. The third-order valence-electron chi connectivity index (χ3n) is 16.0. The maximum Gasteiger partial charge on any atom is 0.472 e. The molecule has 0 saturated heterocycles. The maximum absolute atomic E-state index is 13.1. The Balaban J connectivity index is 5.58. The number of ether oxygens (including phenoxy) is 4. The average molecular weight is 1550 g/mol. The fraction of sp³-hybridized carbons (Fsp3) is 0.596. The van der Waals surface area contributed by atoms with Gasteiger partial charge in [0.25, 0.3) is 0 Å². The molecule has 0 aromatic heterocycles. The van der Waals surface area contributed by atoms with Crippen LogP contribution in [0.15, 0.2) is 194 Å². The number of hydrogen-bond donors (Lipinski definition) is 3. The van der Waals surface area contributed by atoms with Gasteiger partial charge in [-0.15, -0.1) is 0 Å². The minimum atomic E-state index is -5.03. The highest BCUT2D eigenvalue weighted by Gasteiger charge is 2.30. The van der Waals surface area contributed by atoms with Gasteiger partial charge in [-0.25, -0.2) is 9.13 Å². The first-order valence-electron chi connectivity index (χ1n) is 40.7. The van der Waals surface area contributed by atoms with Crippen LogP contribution in [0.4, 0.5) is 0 Å². The number of aliphatic hydroxyl groups excluding tert-OH is 1. The van der Waals surface area contributed by atoms with E-state index in [-0.39, 0.29) is 25.7 Å². The lowest BCUT2D eigenvalue weighted by molar-refractivity contribution is -0.161. The molecule has 0 fully saturated rings. The Morgan fingerprint density at radius 2 is 0.509 bits per heavy atom. The number of unbranched alkanes of at least 4 members (excludes halogenated alkanes) is 16. The molecule has 0 heterocycles. The second kappa shape index (κ2) is 79.0. The summed E-state index contributed by atoms with van der Waals surface area (Å²) in [5.41, 5.74) is 0. The van der Waals surface area contributed by atoms with Crippen molar-refractivity contribution in [2.75, 3.05) is 39.6 Å². The van der Waals surface area contributed by atoms with Crippen molar-refractivity contribution < 1.29 is 80.2 Å². The second-order valence-corrected chi connectivity index (χ2v) is 29.2. The summed E-state index contributed by atoms with van der Waals surface area (Å²) in [7, 11) is -10.0. The second-order valence-electron chi connectivity index (χ2n) is 26.3. The molecule has 3 N–H and O–H groups in total. The number of phosphoric ester groups is 2. The molecule has 0 aliphatic heterocycles. The quantitative estimate of drug-likeness (QED) is 0.0169. The first kappa shape index (κ1) is 102. The smallest absolute Gasteiger partial charge is 0.462 e. The number of carbonyl (C=O) groups excluding carboxylic acids is 4. The Hall–Kier alpha value is -6.10. The van der Waals surface area contributed by atoms with E-state index >= 15 is 0 Å². The summed E-state index contributed by atoms with van der Waals surface area (Å²) in [5, 5.41) is 10.6. The lowest BCUT2D eigenvalue weighted by Crippen LogP contribution is -2.30. The van der Waals surface area contributed by atoms with Crippen LogP contribution < -0.4 is 0 Å². The number of aliphatic hydroxyl groups is 1. The molecule has 5 atom stereocenters. The monoisotopic (exact) mass is 1540 g/mol. The van der Waals surface area contributed by atoms with Crippen molar-refractivity contribution in [2.45, 2.75) is 303 Å². The Kier molecular flexibility index (Phi) is 74.5. The topological polar surface area (TPSA) is 237 Å². The number of rotatable bonds is 74. The molecule has 2 unspecified atom stereocenters. The van der Waals surface area contributed by atoms with Gasteiger partial charge in [0.2, 0.25) is 0 Å². The summed E-state index contributed by atoms with van der Waals surface area (Å²) in [4.78, 5) is 73.0. The molecule has 0 aliphatic rings. The van der Waals surface area contributed by atoms with E-state index in [2.05, 4.69) is 180 Å². The largest absolute Gasteiger partial charge is 0.472 e. The van der Waals surface area contributed by atoms with Crippen molar-refractivity contribution in [2.24, 2.45) is 0 Å². The van der Waals surface area contributed by atoms with Gasteiger partial charge >= 0.3 is 39.5 Å². The molecule has 0 saturated carbocycles. The van der Waals surface area contributed by atoms with Gasteiger partial charge in [0, 0.05) is 25.7 Å². The van der Waals surface area contributed by atoms with Crippen LogP contribution in [0.2, 0.25) is 0 Å². The molecule has 17 nitrogen and oxygen atoms in total. The fourth-order valence-electron chi connectivity index (χ4n) is 9.85. The van der Waals surface area contributed by atoms with Gasteiger partial charge in [-0.1, -0.05) is 280 Å². The predicted molar refractivity (Wildman–Crippen MR) is 445 cm³/mol. The van der Waals surface area contributed by atoms with Crippen molar-refractivity contribution in [3.05, 3.63) is 194 Å². The van der Waals surface area contributed by atoms with E-state index in [0.29, 0.717) is 44.9 Å². The standard InChI is InChI=1S/C89H142O17P2/c1-5-9-13-17-21-25-29-33-37-40-41-44-46-50-54-58-62-66-70-74-87(92)100-80-85(106-89(94)76-72-68-64-60-56-52-48-43-39-35-31-27-23-19-15-11-7-3)82-104-108(97,98)102-78-83(90)77-101-107(95,96)103-81-84(79-99-86(91)73-69-65-61-57-53-49-45-36-32-28-24-20-16-12-8-4)105-88(93)75-71-67-63-59-55-51-47-42-38-34-30-26-22-18-14-10-6-2/h9,13,21-28,33-39,41,44-45,47-48,50-52,54,59-60,62-64,66,83-85,90H,5-8,10-12,14-20,29-32,40,42-43,46,49,53,55-58,61,65,67-82H2,1-4H3,(H,95,96)(H,97,98)/b13-9-,25-21-,26-22-,27-23-,28-24-,37-33-,38-34-,39-35-,44-41-,45-36-,51-47-,52-48-,54-50-,63-59-,64-60-,66-62-/t83-,84+,85+/m0/s1. The number of esters is 4. The van der Waals surface area contributed by atoms with Gasteiger partial charge < -0.3 is 33.8 Å². The molecule has 610 valence electrons. The van der Waals surface area contributed by atoms with E-state index in [1.54, 1.807) is 0 Å². The fourth-order valence-corrected chi connectivity index (χ4v) is 11.4. The zero-order valence-corrected chi connectivity index (χ0v) is 68.5. The number of hydrogen-bond acceptors (Lipinski definition) is 15. The number of carbonyl (C=O) groups is 4. The van der Waals surface area contributed by atoms with E-state index in [9.17, 15) is 43.2 Å². The van der Waals surface area contributed by atoms with Gasteiger partial charge in [-0.2, -0.15) is 0 Å². The molecule has 0 radical (unpaired) electrons. The van der Waals surface area contributed by atoms with Crippen molar-refractivity contribution in [1.82, 2.24) is 0 Å². The predicted octanol–water partition coefficient (Wildman–Crippen LogP) is 24.1. The van der Waals surface area contributed by atoms with E-state index in [1.807, 2.05) is 42.5 Å². The molecule has 0 aromatic carbocycles. The molecule has 0 aromatic rings. The zero-order valence-electron chi connectivity index (χ0n) is 66.7. The molecule has 19 heteroatoms. The summed E-state index contributed by atoms with van der Waals surface area (Å²) in [5.74, 6) is -2.44. The van der Waals surface area contributed by atoms with Gasteiger partial charge in [0.05, 0.1) is 26.4 Å². The Morgan fingerprint density at radius 3 is 0.824 bits per heavy atom. The van der Waals surface area contributed by atoms with Crippen LogP contribution in [-0.2, 0) is 65.4 Å². The van der Waals surface area contributed by atoms with Crippen molar-refractivity contribution in [1.29, 1.82) is 0 Å². The zero-order chi connectivity index (χ0) is 78.9. The van der Waals surface area contributed by atoms with Gasteiger partial charge in [0.15, 0.2) is 12.2 Å². The number of phosphoric acid groups is 2. The summed E-state index contributed by atoms with van der Waals surface area (Å²) in [6, 6.07) is 0. The third kappa shape index (κ3) is 78.0. The lowest BCUT2D eigenvalue weighted by Gasteiger charge is -2.21. The summed E-state index contributed by atoms with van der Waals surface area (Å²) < 4.78 is 68.4. The van der Waals surface area contributed by atoms with Crippen LogP contribution in [0, 0.1) is 0 Å². The van der Waals surface area contributed by atoms with Gasteiger partial charge in [0.1, 0.15) is 19.3 Å². The van der Waals surface area contributed by atoms with Gasteiger partial charge in [-0.3, -0.25) is 37.3 Å². The molecule has 0 rings (SSSR count). The molecular formula is C89H142O17P2. The normalized spacial score (nSPS) is 14.8. The van der Waals surface area contributed by atoms with E-state index < -0.39 is 97.5 Å². The minimum Gasteiger partial charge on any atom is -0.462 e. The molecule has 0 spiro atoms. The van der Waals surface area contributed by atoms with Crippen LogP contribution in [0.1, 0.15) is 285 Å². The summed E-state index contributed by atoms with van der Waals surface area (Å²) >= 11 is 0. The van der Waals surface area contributed by atoms with E-state index in [4.69, 9.17) is 37.0 Å². The van der Waals surface area contributed by atoms with Crippen molar-refractivity contribution in [3.8, 4) is 0 Å². The Bertz CT molecular complexity index is 2810. The molecule has 0 aliphatic carbocycles. The average Bonchev–Trinajstić information content (AvgIpc) is 0.903. The summed E-state index contributed by atoms with van der Waals surface area (Å²) in [6.07, 6.45) is 97.2.